The second-order valence-corrected chi connectivity index (χ2v) is 5.77. The maximum absolute atomic E-state index is 13.0. The number of hydrogen-bond donors (Lipinski definition) is 1. The van der Waals surface area contributed by atoms with Gasteiger partial charge in [-0.1, -0.05) is 34.1 Å². The highest BCUT2D eigenvalue weighted by Crippen LogP contribution is 2.29. The zero-order valence-corrected chi connectivity index (χ0v) is 13.0. The fourth-order valence-corrected chi connectivity index (χ4v) is 2.31. The van der Waals surface area contributed by atoms with Gasteiger partial charge in [0.15, 0.2) is 0 Å². The first kappa shape index (κ1) is 15.0. The van der Waals surface area contributed by atoms with Crippen molar-refractivity contribution in [3.8, 4) is 5.75 Å². The fourth-order valence-electron chi connectivity index (χ4n) is 1.97. The summed E-state index contributed by atoms with van der Waals surface area (Å²) in [7, 11) is 0. The molecule has 0 saturated heterocycles. The molecule has 2 aromatic rings. The molecule has 106 valence electrons. The van der Waals surface area contributed by atoms with E-state index in [1.54, 1.807) is 12.1 Å². The summed E-state index contributed by atoms with van der Waals surface area (Å²) in [6.07, 6.45) is -0.316. The molecule has 2 nitrogen and oxygen atoms in total. The summed E-state index contributed by atoms with van der Waals surface area (Å²) in [5.41, 5.74) is 7.90. The monoisotopic (exact) mass is 337 g/mol. The molecule has 2 rings (SSSR count). The van der Waals surface area contributed by atoms with E-state index < -0.39 is 0 Å². The Morgan fingerprint density at radius 2 is 1.80 bits per heavy atom. The first-order chi connectivity index (χ1) is 9.47. The SMILES string of the molecule is Cc1ccc(Br)cc1OC(c1ccc(F)cc1)C(C)N. The van der Waals surface area contributed by atoms with E-state index in [-0.39, 0.29) is 18.0 Å². The van der Waals surface area contributed by atoms with Gasteiger partial charge in [-0.15, -0.1) is 0 Å². The van der Waals surface area contributed by atoms with Gasteiger partial charge >= 0.3 is 0 Å². The molecule has 0 spiro atoms. The minimum atomic E-state index is -0.316. The van der Waals surface area contributed by atoms with Crippen molar-refractivity contribution < 1.29 is 9.13 Å². The highest BCUT2D eigenvalue weighted by molar-refractivity contribution is 9.10. The lowest BCUT2D eigenvalue weighted by atomic mass is 10.0. The summed E-state index contributed by atoms with van der Waals surface area (Å²) in [5, 5.41) is 0. The smallest absolute Gasteiger partial charge is 0.138 e. The number of ether oxygens (including phenoxy) is 1. The molecule has 0 heterocycles. The maximum Gasteiger partial charge on any atom is 0.138 e. The van der Waals surface area contributed by atoms with Crippen molar-refractivity contribution in [1.29, 1.82) is 0 Å². The van der Waals surface area contributed by atoms with E-state index in [0.29, 0.717) is 0 Å². The molecule has 0 aliphatic heterocycles. The van der Waals surface area contributed by atoms with Gasteiger partial charge in [-0.05, 0) is 49.2 Å². The molecule has 2 unspecified atom stereocenters. The van der Waals surface area contributed by atoms with Gasteiger partial charge in [0.25, 0.3) is 0 Å². The molecule has 20 heavy (non-hydrogen) atoms. The van der Waals surface area contributed by atoms with Gasteiger partial charge in [-0.2, -0.15) is 0 Å². The summed E-state index contributed by atoms with van der Waals surface area (Å²) < 4.78 is 20.0. The van der Waals surface area contributed by atoms with E-state index in [1.807, 2.05) is 32.0 Å². The Morgan fingerprint density at radius 1 is 1.15 bits per heavy atom. The third-order valence-corrected chi connectivity index (χ3v) is 3.57. The fraction of sp³-hybridized carbons (Fsp3) is 0.250. The van der Waals surface area contributed by atoms with Gasteiger partial charge in [0.2, 0.25) is 0 Å². The molecule has 0 saturated carbocycles. The summed E-state index contributed by atoms with van der Waals surface area (Å²) >= 11 is 3.43. The minimum Gasteiger partial charge on any atom is -0.484 e. The van der Waals surface area contributed by atoms with Crippen molar-refractivity contribution in [3.63, 3.8) is 0 Å². The lowest BCUT2D eigenvalue weighted by Gasteiger charge is -2.24. The predicted octanol–water partition coefficient (Wildman–Crippen LogP) is 4.36. The Labute approximate surface area is 126 Å². The van der Waals surface area contributed by atoms with Gasteiger partial charge in [-0.3, -0.25) is 0 Å². The molecule has 0 aliphatic carbocycles. The van der Waals surface area contributed by atoms with E-state index in [1.165, 1.54) is 12.1 Å². The van der Waals surface area contributed by atoms with E-state index in [0.717, 1.165) is 21.3 Å². The zero-order chi connectivity index (χ0) is 14.7. The van der Waals surface area contributed by atoms with E-state index in [4.69, 9.17) is 10.5 Å². The van der Waals surface area contributed by atoms with Crippen LogP contribution in [0, 0.1) is 12.7 Å². The molecule has 2 atom stereocenters. The third kappa shape index (κ3) is 3.58. The predicted molar refractivity (Wildman–Crippen MR) is 82.3 cm³/mol. The van der Waals surface area contributed by atoms with Gasteiger partial charge < -0.3 is 10.5 Å². The van der Waals surface area contributed by atoms with Crippen LogP contribution in [-0.2, 0) is 0 Å². The molecule has 0 aromatic heterocycles. The number of halogens is 2. The Hall–Kier alpha value is -1.39. The van der Waals surface area contributed by atoms with Gasteiger partial charge in [0.1, 0.15) is 17.7 Å². The molecular formula is C16H17BrFNO. The van der Waals surface area contributed by atoms with Crippen LogP contribution in [-0.4, -0.2) is 6.04 Å². The molecule has 0 radical (unpaired) electrons. The number of nitrogens with two attached hydrogens (primary N) is 1. The van der Waals surface area contributed by atoms with Crippen molar-refractivity contribution >= 4 is 15.9 Å². The molecule has 0 aliphatic rings. The second kappa shape index (κ2) is 6.37. The van der Waals surface area contributed by atoms with Crippen LogP contribution in [0.1, 0.15) is 24.2 Å². The van der Waals surface area contributed by atoms with Crippen molar-refractivity contribution in [2.75, 3.05) is 0 Å². The number of hydrogen-bond acceptors (Lipinski definition) is 2. The molecule has 0 bridgehead atoms. The van der Waals surface area contributed by atoms with E-state index in [2.05, 4.69) is 15.9 Å². The quantitative estimate of drug-likeness (QED) is 0.899. The first-order valence-corrected chi connectivity index (χ1v) is 7.20. The molecule has 2 N–H and O–H groups in total. The van der Waals surface area contributed by atoms with E-state index in [9.17, 15) is 4.39 Å². The highest BCUT2D eigenvalue weighted by Gasteiger charge is 2.19. The van der Waals surface area contributed by atoms with Crippen LogP contribution >= 0.6 is 15.9 Å². The largest absolute Gasteiger partial charge is 0.484 e. The zero-order valence-electron chi connectivity index (χ0n) is 11.4. The Balaban J connectivity index is 2.30. The molecule has 4 heteroatoms. The van der Waals surface area contributed by atoms with Gasteiger partial charge in [0, 0.05) is 10.5 Å². The molecule has 2 aromatic carbocycles. The average Bonchev–Trinajstić information content (AvgIpc) is 2.40. The third-order valence-electron chi connectivity index (χ3n) is 3.08. The van der Waals surface area contributed by atoms with Crippen LogP contribution in [0.3, 0.4) is 0 Å². The van der Waals surface area contributed by atoms with Crippen molar-refractivity contribution in [3.05, 3.63) is 63.9 Å². The standard InChI is InChI=1S/C16H17BrFNO/c1-10-3-6-13(17)9-15(10)20-16(11(2)19)12-4-7-14(18)8-5-12/h3-9,11,16H,19H2,1-2H3. The highest BCUT2D eigenvalue weighted by atomic mass is 79.9. The van der Waals surface area contributed by atoms with Crippen LogP contribution in [0.25, 0.3) is 0 Å². The lowest BCUT2D eigenvalue weighted by Crippen LogP contribution is -2.29. The summed E-state index contributed by atoms with van der Waals surface area (Å²) in [6.45, 7) is 3.85. The Morgan fingerprint density at radius 3 is 2.40 bits per heavy atom. The molecular weight excluding hydrogens is 321 g/mol. The Kier molecular flexibility index (Phi) is 4.78. The molecule has 0 fully saturated rings. The first-order valence-electron chi connectivity index (χ1n) is 6.41. The van der Waals surface area contributed by atoms with Crippen LogP contribution in [0.15, 0.2) is 46.9 Å². The van der Waals surface area contributed by atoms with Gasteiger partial charge in [-0.25, -0.2) is 4.39 Å². The van der Waals surface area contributed by atoms with Crippen molar-refractivity contribution in [2.24, 2.45) is 5.73 Å². The summed E-state index contributed by atoms with van der Waals surface area (Å²) in [4.78, 5) is 0. The summed E-state index contributed by atoms with van der Waals surface area (Å²) in [5.74, 6) is 0.502. The number of rotatable bonds is 4. The number of aryl methyl sites for hydroxylation is 1. The van der Waals surface area contributed by atoms with Crippen molar-refractivity contribution in [1.82, 2.24) is 0 Å². The van der Waals surface area contributed by atoms with Crippen LogP contribution in [0.4, 0.5) is 4.39 Å². The average molecular weight is 338 g/mol. The second-order valence-electron chi connectivity index (χ2n) is 4.86. The lowest BCUT2D eigenvalue weighted by molar-refractivity contribution is 0.179. The normalized spacial score (nSPS) is 13.8. The van der Waals surface area contributed by atoms with Crippen LogP contribution < -0.4 is 10.5 Å². The van der Waals surface area contributed by atoms with Crippen LogP contribution in [0.5, 0.6) is 5.75 Å². The van der Waals surface area contributed by atoms with Crippen molar-refractivity contribution in [2.45, 2.75) is 26.0 Å². The molecule has 0 amide bonds. The van der Waals surface area contributed by atoms with E-state index >= 15 is 0 Å². The minimum absolute atomic E-state index is 0.209. The maximum atomic E-state index is 13.0. The van der Waals surface area contributed by atoms with Crippen LogP contribution in [0.2, 0.25) is 0 Å². The number of benzene rings is 2. The Bertz CT molecular complexity index is 584. The van der Waals surface area contributed by atoms with Gasteiger partial charge in [0.05, 0.1) is 0 Å². The topological polar surface area (TPSA) is 35.2 Å². The summed E-state index contributed by atoms with van der Waals surface area (Å²) in [6, 6.07) is 11.9.